The standard InChI is InChI=1S/C19H21N/c1-13-6-5-7-14(10-13)18-12-15-11-16(19(2,3)4)8-9-17(15)20-18/h5-12,20H,1-4H3. The van der Waals surface area contributed by atoms with Gasteiger partial charge in [0.1, 0.15) is 0 Å². The molecule has 0 amide bonds. The number of aryl methyl sites for hydroxylation is 1. The zero-order chi connectivity index (χ0) is 14.3. The van der Waals surface area contributed by atoms with E-state index in [1.807, 2.05) is 0 Å². The van der Waals surface area contributed by atoms with E-state index in [-0.39, 0.29) is 5.41 Å². The van der Waals surface area contributed by atoms with Crippen LogP contribution in [0, 0.1) is 6.92 Å². The second-order valence-electron chi connectivity index (χ2n) is 6.60. The predicted octanol–water partition coefficient (Wildman–Crippen LogP) is 5.44. The van der Waals surface area contributed by atoms with Gasteiger partial charge in [0, 0.05) is 16.6 Å². The third-order valence-corrected chi connectivity index (χ3v) is 3.82. The van der Waals surface area contributed by atoms with Crippen LogP contribution in [-0.2, 0) is 5.41 Å². The van der Waals surface area contributed by atoms with Gasteiger partial charge in [-0.25, -0.2) is 0 Å². The summed E-state index contributed by atoms with van der Waals surface area (Å²) in [4.78, 5) is 3.52. The quantitative estimate of drug-likeness (QED) is 0.601. The van der Waals surface area contributed by atoms with Crippen LogP contribution in [0.15, 0.2) is 48.5 Å². The van der Waals surface area contributed by atoms with Crippen molar-refractivity contribution in [3.05, 3.63) is 59.7 Å². The molecule has 0 saturated heterocycles. The Hall–Kier alpha value is -2.02. The van der Waals surface area contributed by atoms with Gasteiger partial charge < -0.3 is 4.98 Å². The van der Waals surface area contributed by atoms with Gasteiger partial charge in [-0.3, -0.25) is 0 Å². The van der Waals surface area contributed by atoms with Crippen LogP contribution in [0.4, 0.5) is 0 Å². The molecule has 0 bridgehead atoms. The molecule has 0 aliphatic carbocycles. The summed E-state index contributed by atoms with van der Waals surface area (Å²) in [6.07, 6.45) is 0. The van der Waals surface area contributed by atoms with Crippen molar-refractivity contribution in [3.63, 3.8) is 0 Å². The normalized spacial score (nSPS) is 12.0. The summed E-state index contributed by atoms with van der Waals surface area (Å²) < 4.78 is 0. The van der Waals surface area contributed by atoms with Crippen LogP contribution >= 0.6 is 0 Å². The van der Waals surface area contributed by atoms with E-state index in [0.717, 1.165) is 0 Å². The van der Waals surface area contributed by atoms with E-state index in [1.54, 1.807) is 0 Å². The van der Waals surface area contributed by atoms with Crippen molar-refractivity contribution in [2.45, 2.75) is 33.1 Å². The van der Waals surface area contributed by atoms with Crippen LogP contribution in [-0.4, -0.2) is 4.98 Å². The number of fused-ring (bicyclic) bond motifs is 1. The Morgan fingerprint density at radius 3 is 2.40 bits per heavy atom. The SMILES string of the molecule is Cc1cccc(-c2cc3cc(C(C)(C)C)ccc3[nH]2)c1. The maximum atomic E-state index is 3.52. The summed E-state index contributed by atoms with van der Waals surface area (Å²) in [5.41, 5.74) is 6.49. The Bertz CT molecular complexity index is 757. The van der Waals surface area contributed by atoms with Gasteiger partial charge in [-0.1, -0.05) is 50.6 Å². The lowest BCUT2D eigenvalue weighted by Crippen LogP contribution is -2.10. The number of rotatable bonds is 1. The van der Waals surface area contributed by atoms with Gasteiger partial charge in [-0.2, -0.15) is 0 Å². The van der Waals surface area contributed by atoms with Crippen molar-refractivity contribution in [1.82, 2.24) is 4.98 Å². The fraction of sp³-hybridized carbons (Fsp3) is 0.263. The van der Waals surface area contributed by atoms with E-state index >= 15 is 0 Å². The first kappa shape index (κ1) is 13.0. The number of H-pyrrole nitrogens is 1. The van der Waals surface area contributed by atoms with E-state index in [4.69, 9.17) is 0 Å². The first-order chi connectivity index (χ1) is 9.43. The molecule has 0 atom stereocenters. The lowest BCUT2D eigenvalue weighted by Gasteiger charge is -2.18. The van der Waals surface area contributed by atoms with E-state index in [1.165, 1.54) is 33.3 Å². The Morgan fingerprint density at radius 1 is 0.900 bits per heavy atom. The van der Waals surface area contributed by atoms with Gasteiger partial charge in [-0.15, -0.1) is 0 Å². The first-order valence-corrected chi connectivity index (χ1v) is 7.14. The number of nitrogens with one attached hydrogen (secondary N) is 1. The molecule has 102 valence electrons. The lowest BCUT2D eigenvalue weighted by atomic mass is 9.86. The molecule has 0 unspecified atom stereocenters. The minimum absolute atomic E-state index is 0.189. The molecular weight excluding hydrogens is 242 g/mol. The first-order valence-electron chi connectivity index (χ1n) is 7.14. The summed E-state index contributed by atoms with van der Waals surface area (Å²) in [5, 5.41) is 1.29. The van der Waals surface area contributed by atoms with Gasteiger partial charge >= 0.3 is 0 Å². The van der Waals surface area contributed by atoms with Crippen molar-refractivity contribution in [3.8, 4) is 11.3 Å². The fourth-order valence-corrected chi connectivity index (χ4v) is 2.57. The average Bonchev–Trinajstić information content (AvgIpc) is 2.80. The maximum Gasteiger partial charge on any atom is 0.0464 e. The lowest BCUT2D eigenvalue weighted by molar-refractivity contribution is 0.591. The molecule has 2 aromatic carbocycles. The Labute approximate surface area is 120 Å². The number of aromatic amines is 1. The van der Waals surface area contributed by atoms with Crippen molar-refractivity contribution >= 4 is 10.9 Å². The summed E-state index contributed by atoms with van der Waals surface area (Å²) in [7, 11) is 0. The highest BCUT2D eigenvalue weighted by Gasteiger charge is 2.14. The monoisotopic (exact) mass is 263 g/mol. The molecule has 0 fully saturated rings. The number of benzene rings is 2. The number of hydrogen-bond acceptors (Lipinski definition) is 0. The summed E-state index contributed by atoms with van der Waals surface area (Å²) in [6, 6.07) is 17.6. The van der Waals surface area contributed by atoms with Crippen LogP contribution in [0.3, 0.4) is 0 Å². The van der Waals surface area contributed by atoms with Crippen LogP contribution < -0.4 is 0 Å². The molecule has 0 spiro atoms. The molecule has 1 heterocycles. The smallest absolute Gasteiger partial charge is 0.0464 e. The summed E-state index contributed by atoms with van der Waals surface area (Å²) >= 11 is 0. The van der Waals surface area contributed by atoms with Gasteiger partial charge in [-0.05, 0) is 47.7 Å². The van der Waals surface area contributed by atoms with E-state index in [2.05, 4.69) is 81.2 Å². The highest BCUT2D eigenvalue weighted by Crippen LogP contribution is 2.29. The second-order valence-corrected chi connectivity index (χ2v) is 6.60. The minimum atomic E-state index is 0.189. The van der Waals surface area contributed by atoms with Crippen molar-refractivity contribution in [1.29, 1.82) is 0 Å². The Balaban J connectivity index is 2.11. The molecule has 0 aliphatic rings. The maximum absolute atomic E-state index is 3.52. The molecule has 1 aromatic heterocycles. The fourth-order valence-electron chi connectivity index (χ4n) is 2.57. The van der Waals surface area contributed by atoms with Crippen molar-refractivity contribution < 1.29 is 0 Å². The minimum Gasteiger partial charge on any atom is -0.355 e. The van der Waals surface area contributed by atoms with Gasteiger partial charge in [0.25, 0.3) is 0 Å². The number of aromatic nitrogens is 1. The zero-order valence-electron chi connectivity index (χ0n) is 12.6. The molecule has 1 nitrogen and oxygen atoms in total. The van der Waals surface area contributed by atoms with Crippen LogP contribution in [0.2, 0.25) is 0 Å². The number of hydrogen-bond donors (Lipinski definition) is 1. The van der Waals surface area contributed by atoms with Crippen LogP contribution in [0.25, 0.3) is 22.2 Å². The van der Waals surface area contributed by atoms with Gasteiger partial charge in [0.2, 0.25) is 0 Å². The van der Waals surface area contributed by atoms with Crippen LogP contribution in [0.5, 0.6) is 0 Å². The largest absolute Gasteiger partial charge is 0.355 e. The molecule has 0 aliphatic heterocycles. The molecule has 1 heteroatoms. The van der Waals surface area contributed by atoms with Gasteiger partial charge in [0.05, 0.1) is 0 Å². The van der Waals surface area contributed by atoms with Crippen molar-refractivity contribution in [2.24, 2.45) is 0 Å². The summed E-state index contributed by atoms with van der Waals surface area (Å²) in [6.45, 7) is 8.89. The molecular formula is C19H21N. The summed E-state index contributed by atoms with van der Waals surface area (Å²) in [5.74, 6) is 0. The van der Waals surface area contributed by atoms with E-state index < -0.39 is 0 Å². The van der Waals surface area contributed by atoms with E-state index in [0.29, 0.717) is 0 Å². The molecule has 20 heavy (non-hydrogen) atoms. The van der Waals surface area contributed by atoms with Crippen LogP contribution in [0.1, 0.15) is 31.9 Å². The van der Waals surface area contributed by atoms with Crippen molar-refractivity contribution in [2.75, 3.05) is 0 Å². The highest BCUT2D eigenvalue weighted by atomic mass is 14.7. The molecule has 1 N–H and O–H groups in total. The molecule has 0 radical (unpaired) electrons. The topological polar surface area (TPSA) is 15.8 Å². The van der Waals surface area contributed by atoms with E-state index in [9.17, 15) is 0 Å². The molecule has 3 aromatic rings. The molecule has 3 rings (SSSR count). The third-order valence-electron chi connectivity index (χ3n) is 3.82. The highest BCUT2D eigenvalue weighted by molar-refractivity contribution is 5.86. The Morgan fingerprint density at radius 2 is 1.70 bits per heavy atom. The third kappa shape index (κ3) is 2.36. The average molecular weight is 263 g/mol. The molecule has 0 saturated carbocycles. The predicted molar refractivity (Wildman–Crippen MR) is 87.2 cm³/mol. The second kappa shape index (κ2) is 4.52. The Kier molecular flexibility index (Phi) is 2.93. The zero-order valence-corrected chi connectivity index (χ0v) is 12.6. The van der Waals surface area contributed by atoms with Gasteiger partial charge in [0.15, 0.2) is 0 Å².